The monoisotopic (exact) mass is 400 g/mol. The van der Waals surface area contributed by atoms with Crippen LogP contribution in [0, 0.1) is 0 Å². The molecule has 5 nitrogen and oxygen atoms in total. The molecule has 128 valence electrons. The molecule has 0 saturated carbocycles. The Morgan fingerprint density at radius 3 is 2.68 bits per heavy atom. The number of hydrogen-bond acceptors (Lipinski definition) is 3. The van der Waals surface area contributed by atoms with Gasteiger partial charge in [-0.1, -0.05) is 46.3 Å². The number of pyridine rings is 1. The third kappa shape index (κ3) is 3.81. The Kier molecular flexibility index (Phi) is 5.31. The third-order valence-electron chi connectivity index (χ3n) is 3.84. The summed E-state index contributed by atoms with van der Waals surface area (Å²) in [5.74, 6) is -0.265. The van der Waals surface area contributed by atoms with E-state index in [0.29, 0.717) is 17.7 Å². The molecular weight excluding hydrogens is 384 g/mol. The molecular formula is C19H17BrN2O3. The van der Waals surface area contributed by atoms with Gasteiger partial charge in [0.15, 0.2) is 0 Å². The zero-order chi connectivity index (χ0) is 17.8. The highest BCUT2D eigenvalue weighted by Gasteiger charge is 2.17. The van der Waals surface area contributed by atoms with Crippen molar-refractivity contribution in [1.29, 1.82) is 0 Å². The maximum Gasteiger partial charge on any atom is 0.272 e. The fraction of sp³-hybridized carbons (Fsp3) is 0.158. The highest BCUT2D eigenvalue weighted by Crippen LogP contribution is 2.33. The molecule has 0 aliphatic rings. The van der Waals surface area contributed by atoms with Gasteiger partial charge in [-0.15, -0.1) is 0 Å². The minimum absolute atomic E-state index is 0.181. The van der Waals surface area contributed by atoms with Crippen molar-refractivity contribution in [2.24, 2.45) is 0 Å². The van der Waals surface area contributed by atoms with Gasteiger partial charge >= 0.3 is 0 Å². The van der Waals surface area contributed by atoms with Gasteiger partial charge < -0.3 is 15.0 Å². The molecule has 3 rings (SSSR count). The molecule has 0 unspecified atom stereocenters. The van der Waals surface area contributed by atoms with Crippen molar-refractivity contribution in [3.63, 3.8) is 0 Å². The summed E-state index contributed by atoms with van der Waals surface area (Å²) in [6.07, 6.45) is 0.181. The number of nitrogens with one attached hydrogen (secondary N) is 2. The van der Waals surface area contributed by atoms with Gasteiger partial charge in [-0.25, -0.2) is 0 Å². The number of methoxy groups -OCH3 is 1. The van der Waals surface area contributed by atoms with Gasteiger partial charge in [0.25, 0.3) is 5.56 Å². The molecule has 6 heteroatoms. The number of ether oxygens (including phenoxy) is 1. The van der Waals surface area contributed by atoms with E-state index in [0.717, 1.165) is 15.4 Å². The molecule has 1 amide bonds. The van der Waals surface area contributed by atoms with Crippen molar-refractivity contribution in [1.82, 2.24) is 4.98 Å². The molecule has 0 spiro atoms. The normalized spacial score (nSPS) is 10.8. The third-order valence-corrected chi connectivity index (χ3v) is 4.33. The SMILES string of the molecule is COCCC(=O)Nc1c(-c2ccccc2)c2cc(Br)ccc2[nH]c1=O. The maximum atomic E-state index is 12.6. The topological polar surface area (TPSA) is 71.2 Å². The zero-order valence-electron chi connectivity index (χ0n) is 13.6. The minimum Gasteiger partial charge on any atom is -0.384 e. The summed E-state index contributed by atoms with van der Waals surface area (Å²) in [4.78, 5) is 27.6. The molecule has 0 saturated heterocycles. The number of aromatic amines is 1. The van der Waals surface area contributed by atoms with Crippen LogP contribution in [0.3, 0.4) is 0 Å². The first-order valence-electron chi connectivity index (χ1n) is 7.80. The van der Waals surface area contributed by atoms with Gasteiger partial charge in [0, 0.05) is 28.0 Å². The summed E-state index contributed by atoms with van der Waals surface area (Å²) in [6.45, 7) is 0.295. The molecule has 25 heavy (non-hydrogen) atoms. The van der Waals surface area contributed by atoms with E-state index >= 15 is 0 Å². The fourth-order valence-electron chi connectivity index (χ4n) is 2.69. The first-order valence-corrected chi connectivity index (χ1v) is 8.59. The van der Waals surface area contributed by atoms with E-state index in [-0.39, 0.29) is 23.6 Å². The summed E-state index contributed by atoms with van der Waals surface area (Å²) in [7, 11) is 1.53. The number of benzene rings is 2. The second-order valence-electron chi connectivity index (χ2n) is 5.55. The maximum absolute atomic E-state index is 12.6. The van der Waals surface area contributed by atoms with Crippen LogP contribution in [-0.2, 0) is 9.53 Å². The van der Waals surface area contributed by atoms with Crippen LogP contribution < -0.4 is 10.9 Å². The molecule has 2 aromatic carbocycles. The van der Waals surface area contributed by atoms with Crippen LogP contribution in [0.1, 0.15) is 6.42 Å². The van der Waals surface area contributed by atoms with E-state index in [4.69, 9.17) is 4.74 Å². The Hall–Kier alpha value is -2.44. The highest BCUT2D eigenvalue weighted by molar-refractivity contribution is 9.10. The number of fused-ring (bicyclic) bond motifs is 1. The predicted molar refractivity (Wildman–Crippen MR) is 103 cm³/mol. The average Bonchev–Trinajstić information content (AvgIpc) is 2.62. The minimum atomic E-state index is -0.334. The van der Waals surface area contributed by atoms with Crippen molar-refractivity contribution in [2.75, 3.05) is 19.0 Å². The molecule has 2 N–H and O–H groups in total. The second kappa shape index (κ2) is 7.63. The van der Waals surface area contributed by atoms with E-state index in [1.807, 2.05) is 48.5 Å². The highest BCUT2D eigenvalue weighted by atomic mass is 79.9. The van der Waals surface area contributed by atoms with Crippen molar-refractivity contribution >= 4 is 38.4 Å². The van der Waals surface area contributed by atoms with Crippen LogP contribution in [0.5, 0.6) is 0 Å². The first-order chi connectivity index (χ1) is 12.1. The Morgan fingerprint density at radius 2 is 1.96 bits per heavy atom. The molecule has 1 heterocycles. The van der Waals surface area contributed by atoms with Crippen LogP contribution >= 0.6 is 15.9 Å². The lowest BCUT2D eigenvalue weighted by Gasteiger charge is -2.14. The zero-order valence-corrected chi connectivity index (χ0v) is 15.2. The number of halogens is 1. The number of hydrogen-bond donors (Lipinski definition) is 2. The molecule has 0 aliphatic carbocycles. The van der Waals surface area contributed by atoms with Gasteiger partial charge in [0.05, 0.1) is 13.0 Å². The van der Waals surface area contributed by atoms with Crippen LogP contribution in [0.25, 0.3) is 22.0 Å². The largest absolute Gasteiger partial charge is 0.384 e. The second-order valence-corrected chi connectivity index (χ2v) is 6.47. The summed E-state index contributed by atoms with van der Waals surface area (Å²) in [6, 6.07) is 15.2. The molecule has 1 aromatic heterocycles. The summed E-state index contributed by atoms with van der Waals surface area (Å²) in [5.41, 5.74) is 2.18. The van der Waals surface area contributed by atoms with Gasteiger partial charge in [0.2, 0.25) is 5.91 Å². The molecule has 0 bridgehead atoms. The standard InChI is InChI=1S/C19H17BrN2O3/c1-25-10-9-16(23)22-18-17(12-5-3-2-4-6-12)14-11-13(20)7-8-15(14)21-19(18)24/h2-8,11H,9-10H2,1H3,(H,21,24)(H,22,23). The van der Waals surface area contributed by atoms with Gasteiger partial charge in [-0.05, 0) is 23.8 Å². The lowest BCUT2D eigenvalue weighted by molar-refractivity contribution is -0.117. The Balaban J connectivity index is 2.22. The Labute approximate surface area is 153 Å². The quantitative estimate of drug-likeness (QED) is 0.681. The molecule has 0 atom stereocenters. The van der Waals surface area contributed by atoms with Crippen molar-refractivity contribution < 1.29 is 9.53 Å². The number of amides is 1. The van der Waals surface area contributed by atoms with E-state index in [1.165, 1.54) is 7.11 Å². The van der Waals surface area contributed by atoms with E-state index in [1.54, 1.807) is 0 Å². The summed E-state index contributed by atoms with van der Waals surface area (Å²) in [5, 5.41) is 3.59. The van der Waals surface area contributed by atoms with Crippen LogP contribution in [0.15, 0.2) is 57.8 Å². The Morgan fingerprint density at radius 1 is 1.20 bits per heavy atom. The van der Waals surface area contributed by atoms with E-state index < -0.39 is 0 Å². The van der Waals surface area contributed by atoms with Crippen LogP contribution in [0.4, 0.5) is 5.69 Å². The van der Waals surface area contributed by atoms with Crippen LogP contribution in [-0.4, -0.2) is 24.6 Å². The number of anilines is 1. The number of aromatic nitrogens is 1. The van der Waals surface area contributed by atoms with Gasteiger partial charge in [-0.3, -0.25) is 9.59 Å². The molecule has 0 aliphatic heterocycles. The number of carbonyl (C=O) groups excluding carboxylic acids is 1. The van der Waals surface area contributed by atoms with Crippen molar-refractivity contribution in [2.45, 2.75) is 6.42 Å². The first kappa shape index (κ1) is 17.4. The lowest BCUT2D eigenvalue weighted by atomic mass is 9.99. The number of carbonyl (C=O) groups is 1. The molecule has 0 fully saturated rings. The summed E-state index contributed by atoms with van der Waals surface area (Å²) < 4.78 is 5.82. The number of H-pyrrole nitrogens is 1. The molecule has 0 radical (unpaired) electrons. The predicted octanol–water partition coefficient (Wildman–Crippen LogP) is 3.93. The van der Waals surface area contributed by atoms with Crippen molar-refractivity contribution in [3.05, 3.63) is 63.4 Å². The fourth-order valence-corrected chi connectivity index (χ4v) is 3.05. The van der Waals surface area contributed by atoms with Crippen molar-refractivity contribution in [3.8, 4) is 11.1 Å². The smallest absolute Gasteiger partial charge is 0.272 e. The molecule has 3 aromatic rings. The Bertz CT molecular complexity index is 968. The lowest BCUT2D eigenvalue weighted by Crippen LogP contribution is -2.22. The van der Waals surface area contributed by atoms with Gasteiger partial charge in [0.1, 0.15) is 5.69 Å². The van der Waals surface area contributed by atoms with Gasteiger partial charge in [-0.2, -0.15) is 0 Å². The van der Waals surface area contributed by atoms with Crippen LogP contribution in [0.2, 0.25) is 0 Å². The average molecular weight is 401 g/mol. The van der Waals surface area contributed by atoms with E-state index in [2.05, 4.69) is 26.2 Å². The number of rotatable bonds is 5. The summed E-state index contributed by atoms with van der Waals surface area (Å²) >= 11 is 3.47. The van der Waals surface area contributed by atoms with E-state index in [9.17, 15) is 9.59 Å².